The highest BCUT2D eigenvalue weighted by atomic mass is 19.1. The molecule has 0 aliphatic carbocycles. The lowest BCUT2D eigenvalue weighted by Gasteiger charge is -2.17. The van der Waals surface area contributed by atoms with Crippen molar-refractivity contribution < 1.29 is 14.3 Å². The van der Waals surface area contributed by atoms with Gasteiger partial charge in [0, 0.05) is 6.54 Å². The summed E-state index contributed by atoms with van der Waals surface area (Å²) in [4.78, 5) is 10.9. The molecule has 0 saturated heterocycles. The molecule has 3 N–H and O–H groups in total. The van der Waals surface area contributed by atoms with Crippen molar-refractivity contribution in [2.24, 2.45) is 5.73 Å². The van der Waals surface area contributed by atoms with Gasteiger partial charge in [-0.15, -0.1) is 0 Å². The lowest BCUT2D eigenvalue weighted by atomic mass is 9.92. The average molecular weight is 225 g/mol. The Morgan fingerprint density at radius 2 is 2.19 bits per heavy atom. The van der Waals surface area contributed by atoms with Crippen molar-refractivity contribution in [1.29, 1.82) is 0 Å². The van der Waals surface area contributed by atoms with Crippen LogP contribution in [0.1, 0.15) is 30.9 Å². The third kappa shape index (κ3) is 2.79. The van der Waals surface area contributed by atoms with Crippen LogP contribution in [0.3, 0.4) is 0 Å². The van der Waals surface area contributed by atoms with Gasteiger partial charge in [-0.3, -0.25) is 4.79 Å². The summed E-state index contributed by atoms with van der Waals surface area (Å²) < 4.78 is 13.7. The monoisotopic (exact) mass is 225 g/mol. The predicted octanol–water partition coefficient (Wildman–Crippen LogP) is 2.02. The Hall–Kier alpha value is -1.42. The molecule has 3 nitrogen and oxygen atoms in total. The van der Waals surface area contributed by atoms with Crippen LogP contribution in [0.4, 0.5) is 4.39 Å². The number of alkyl halides is 1. The molecule has 1 aromatic carbocycles. The second kappa shape index (κ2) is 4.61. The summed E-state index contributed by atoms with van der Waals surface area (Å²) in [6.07, 6.45) is 0. The third-order valence-electron chi connectivity index (χ3n) is 2.51. The standard InChI is InChI=1S/C12H16FNO2/c1-12(2,13)9-5-3-4-8(6-9)10(7-14)11(15)16/h3-6,10H,7,14H2,1-2H3,(H,15,16). The van der Waals surface area contributed by atoms with Crippen LogP contribution < -0.4 is 5.73 Å². The molecule has 1 rings (SSSR count). The Balaban J connectivity index is 3.11. The molecule has 1 unspecified atom stereocenters. The third-order valence-corrected chi connectivity index (χ3v) is 2.51. The lowest BCUT2D eigenvalue weighted by molar-refractivity contribution is -0.138. The van der Waals surface area contributed by atoms with E-state index in [9.17, 15) is 9.18 Å². The predicted molar refractivity (Wildman–Crippen MR) is 60.0 cm³/mol. The summed E-state index contributed by atoms with van der Waals surface area (Å²) in [5.41, 5.74) is 4.91. The van der Waals surface area contributed by atoms with Crippen LogP contribution in [-0.4, -0.2) is 17.6 Å². The molecule has 0 aromatic heterocycles. The van der Waals surface area contributed by atoms with Crippen molar-refractivity contribution in [1.82, 2.24) is 0 Å². The van der Waals surface area contributed by atoms with E-state index >= 15 is 0 Å². The van der Waals surface area contributed by atoms with Gasteiger partial charge in [-0.2, -0.15) is 0 Å². The first-order chi connectivity index (χ1) is 7.36. The molecule has 0 bridgehead atoms. The van der Waals surface area contributed by atoms with E-state index in [-0.39, 0.29) is 6.54 Å². The Morgan fingerprint density at radius 3 is 2.62 bits per heavy atom. The van der Waals surface area contributed by atoms with E-state index in [0.717, 1.165) is 0 Å². The number of halogens is 1. The minimum atomic E-state index is -1.48. The van der Waals surface area contributed by atoms with Crippen molar-refractivity contribution in [3.8, 4) is 0 Å². The average Bonchev–Trinajstić information content (AvgIpc) is 2.17. The summed E-state index contributed by atoms with van der Waals surface area (Å²) in [6, 6.07) is 6.50. The first-order valence-corrected chi connectivity index (χ1v) is 5.08. The van der Waals surface area contributed by atoms with Gasteiger partial charge in [-0.05, 0) is 25.0 Å². The first kappa shape index (κ1) is 12.6. The first-order valence-electron chi connectivity index (χ1n) is 5.08. The zero-order chi connectivity index (χ0) is 12.3. The van der Waals surface area contributed by atoms with Crippen LogP contribution >= 0.6 is 0 Å². The van der Waals surface area contributed by atoms with Crippen molar-refractivity contribution in [3.05, 3.63) is 35.4 Å². The number of nitrogens with two attached hydrogens (primary N) is 1. The molecule has 88 valence electrons. The highest BCUT2D eigenvalue weighted by Gasteiger charge is 2.22. The van der Waals surface area contributed by atoms with Gasteiger partial charge in [-0.25, -0.2) is 4.39 Å². The number of aliphatic carboxylic acids is 1. The Labute approximate surface area is 94.1 Å². The van der Waals surface area contributed by atoms with Crippen molar-refractivity contribution >= 4 is 5.97 Å². The maximum Gasteiger partial charge on any atom is 0.312 e. The summed E-state index contributed by atoms with van der Waals surface area (Å²) >= 11 is 0. The summed E-state index contributed by atoms with van der Waals surface area (Å²) in [6.45, 7) is 2.88. The quantitative estimate of drug-likeness (QED) is 0.824. The largest absolute Gasteiger partial charge is 0.481 e. The van der Waals surface area contributed by atoms with E-state index in [1.165, 1.54) is 13.8 Å². The van der Waals surface area contributed by atoms with E-state index in [1.807, 2.05) is 0 Å². The van der Waals surface area contributed by atoms with Gasteiger partial charge in [0.15, 0.2) is 0 Å². The SMILES string of the molecule is CC(C)(F)c1cccc(C(CN)C(=O)O)c1. The molecular formula is C12H16FNO2. The minimum absolute atomic E-state index is 0.00546. The number of rotatable bonds is 4. The molecule has 0 saturated carbocycles. The highest BCUT2D eigenvalue weighted by molar-refractivity contribution is 5.76. The van der Waals surface area contributed by atoms with Gasteiger partial charge in [0.1, 0.15) is 5.67 Å². The van der Waals surface area contributed by atoms with Crippen molar-refractivity contribution in [3.63, 3.8) is 0 Å². The molecule has 4 heteroatoms. The van der Waals surface area contributed by atoms with Gasteiger partial charge in [0.2, 0.25) is 0 Å². The maximum atomic E-state index is 13.7. The Bertz CT molecular complexity index is 385. The number of carboxylic acids is 1. The number of hydrogen-bond donors (Lipinski definition) is 2. The Morgan fingerprint density at radius 1 is 1.56 bits per heavy atom. The van der Waals surface area contributed by atoms with Gasteiger partial charge < -0.3 is 10.8 Å². The van der Waals surface area contributed by atoms with E-state index in [4.69, 9.17) is 10.8 Å². The second-order valence-corrected chi connectivity index (χ2v) is 4.22. The molecule has 0 aliphatic rings. The van der Waals surface area contributed by atoms with Crippen LogP contribution in [0, 0.1) is 0 Å². The van der Waals surface area contributed by atoms with Crippen LogP contribution in [0.25, 0.3) is 0 Å². The highest BCUT2D eigenvalue weighted by Crippen LogP contribution is 2.27. The van der Waals surface area contributed by atoms with Crippen LogP contribution in [0.2, 0.25) is 0 Å². The topological polar surface area (TPSA) is 63.3 Å². The summed E-state index contributed by atoms with van der Waals surface area (Å²) in [5.74, 6) is -1.77. The zero-order valence-corrected chi connectivity index (χ0v) is 9.40. The Kier molecular flexibility index (Phi) is 3.65. The normalized spacial score (nSPS) is 13.5. The molecule has 0 radical (unpaired) electrons. The smallest absolute Gasteiger partial charge is 0.312 e. The van der Waals surface area contributed by atoms with Crippen molar-refractivity contribution in [2.45, 2.75) is 25.4 Å². The molecular weight excluding hydrogens is 209 g/mol. The molecule has 0 heterocycles. The second-order valence-electron chi connectivity index (χ2n) is 4.22. The van der Waals surface area contributed by atoms with Crippen LogP contribution in [0.5, 0.6) is 0 Å². The summed E-state index contributed by atoms with van der Waals surface area (Å²) in [5, 5.41) is 8.95. The number of carboxylic acid groups (broad SMARTS) is 1. The molecule has 16 heavy (non-hydrogen) atoms. The van der Waals surface area contributed by atoms with Gasteiger partial charge >= 0.3 is 5.97 Å². The zero-order valence-electron chi connectivity index (χ0n) is 9.40. The fraction of sp³-hybridized carbons (Fsp3) is 0.417. The summed E-state index contributed by atoms with van der Waals surface area (Å²) in [7, 11) is 0. The molecule has 1 atom stereocenters. The van der Waals surface area contributed by atoms with Gasteiger partial charge in [0.25, 0.3) is 0 Å². The fourth-order valence-corrected chi connectivity index (χ4v) is 1.50. The number of hydrogen-bond acceptors (Lipinski definition) is 2. The van der Waals surface area contributed by atoms with Gasteiger partial charge in [0.05, 0.1) is 5.92 Å². The number of benzene rings is 1. The molecule has 1 aromatic rings. The van der Waals surface area contributed by atoms with Crippen LogP contribution in [-0.2, 0) is 10.5 Å². The van der Waals surface area contributed by atoms with E-state index in [1.54, 1.807) is 24.3 Å². The van der Waals surface area contributed by atoms with E-state index in [2.05, 4.69) is 0 Å². The molecule has 0 aliphatic heterocycles. The fourth-order valence-electron chi connectivity index (χ4n) is 1.50. The van der Waals surface area contributed by atoms with Crippen LogP contribution in [0.15, 0.2) is 24.3 Å². The maximum absolute atomic E-state index is 13.7. The molecule has 0 spiro atoms. The lowest BCUT2D eigenvalue weighted by Crippen LogP contribution is -2.21. The number of carbonyl (C=O) groups is 1. The molecule has 0 fully saturated rings. The minimum Gasteiger partial charge on any atom is -0.481 e. The van der Waals surface area contributed by atoms with E-state index < -0.39 is 17.6 Å². The van der Waals surface area contributed by atoms with Gasteiger partial charge in [-0.1, -0.05) is 24.3 Å². The molecule has 0 amide bonds. The van der Waals surface area contributed by atoms with Crippen molar-refractivity contribution in [2.75, 3.05) is 6.54 Å². The van der Waals surface area contributed by atoms with E-state index in [0.29, 0.717) is 11.1 Å².